The smallest absolute Gasteiger partial charge is 0.128 e. The van der Waals surface area contributed by atoms with Crippen LogP contribution >= 0.6 is 0 Å². The molecule has 3 aliphatic heterocycles. The number of likely N-dealkylation sites (tertiary alicyclic amines) is 1. The van der Waals surface area contributed by atoms with E-state index in [0.717, 1.165) is 37.7 Å². The van der Waals surface area contributed by atoms with Crippen LogP contribution < -0.4 is 19.3 Å². The first-order valence-corrected chi connectivity index (χ1v) is 12.5. The lowest BCUT2D eigenvalue weighted by Crippen LogP contribution is -2.47. The average Bonchev–Trinajstić information content (AvgIpc) is 3.43. The SMILES string of the molecule is COc1ccc(N2CCN(c3c(C)c(C)c4c(c3C)C(N3CCCC3)C(C)(C)O4)CC2)cc1. The van der Waals surface area contributed by atoms with Crippen molar-refractivity contribution in [3.8, 4) is 11.5 Å². The predicted molar refractivity (Wildman–Crippen MR) is 136 cm³/mol. The lowest BCUT2D eigenvalue weighted by Gasteiger charge is -2.40. The van der Waals surface area contributed by atoms with Crippen LogP contribution in [-0.2, 0) is 0 Å². The van der Waals surface area contributed by atoms with E-state index in [2.05, 4.69) is 73.6 Å². The van der Waals surface area contributed by atoms with E-state index < -0.39 is 0 Å². The molecule has 2 aromatic rings. The third-order valence-corrected chi connectivity index (χ3v) is 8.10. The van der Waals surface area contributed by atoms with Gasteiger partial charge in [-0.3, -0.25) is 4.90 Å². The fourth-order valence-corrected chi connectivity index (χ4v) is 6.33. The topological polar surface area (TPSA) is 28.2 Å². The van der Waals surface area contributed by atoms with Crippen molar-refractivity contribution in [1.82, 2.24) is 4.90 Å². The number of ether oxygens (including phenoxy) is 2. The van der Waals surface area contributed by atoms with Crippen molar-refractivity contribution < 1.29 is 9.47 Å². The first kappa shape index (κ1) is 22.4. The minimum absolute atomic E-state index is 0.194. The van der Waals surface area contributed by atoms with E-state index in [9.17, 15) is 0 Å². The monoisotopic (exact) mass is 449 g/mol. The number of anilines is 2. The molecule has 2 aromatic carbocycles. The van der Waals surface area contributed by atoms with Crippen molar-refractivity contribution in [2.45, 2.75) is 59.1 Å². The Kier molecular flexibility index (Phi) is 5.72. The van der Waals surface area contributed by atoms with Gasteiger partial charge in [-0.15, -0.1) is 0 Å². The Morgan fingerprint density at radius 2 is 1.42 bits per heavy atom. The van der Waals surface area contributed by atoms with Crippen molar-refractivity contribution in [1.29, 1.82) is 0 Å². The number of methoxy groups -OCH3 is 1. The number of nitrogens with zero attached hydrogens (tertiary/aromatic N) is 3. The Bertz CT molecular complexity index is 1020. The lowest BCUT2D eigenvalue weighted by molar-refractivity contribution is 0.0396. The summed E-state index contributed by atoms with van der Waals surface area (Å²) in [6, 6.07) is 8.80. The van der Waals surface area contributed by atoms with Crippen LogP contribution in [0.5, 0.6) is 11.5 Å². The first-order chi connectivity index (χ1) is 15.8. The molecule has 0 amide bonds. The van der Waals surface area contributed by atoms with Gasteiger partial charge in [-0.25, -0.2) is 0 Å². The second-order valence-corrected chi connectivity index (χ2v) is 10.5. The van der Waals surface area contributed by atoms with Gasteiger partial charge < -0.3 is 19.3 Å². The third kappa shape index (κ3) is 3.74. The highest BCUT2D eigenvalue weighted by Gasteiger charge is 2.47. The van der Waals surface area contributed by atoms with Gasteiger partial charge in [0.2, 0.25) is 0 Å². The van der Waals surface area contributed by atoms with Crippen LogP contribution in [0.4, 0.5) is 11.4 Å². The summed E-state index contributed by atoms with van der Waals surface area (Å²) in [5.74, 6) is 2.06. The molecule has 5 rings (SSSR count). The van der Waals surface area contributed by atoms with Gasteiger partial charge in [0.25, 0.3) is 0 Å². The second-order valence-electron chi connectivity index (χ2n) is 10.5. The third-order valence-electron chi connectivity index (χ3n) is 8.10. The Morgan fingerprint density at radius 3 is 2.03 bits per heavy atom. The number of rotatable bonds is 4. The average molecular weight is 450 g/mol. The molecule has 0 radical (unpaired) electrons. The summed E-state index contributed by atoms with van der Waals surface area (Å²) in [4.78, 5) is 7.77. The quantitative estimate of drug-likeness (QED) is 0.635. The summed E-state index contributed by atoms with van der Waals surface area (Å²) in [6.45, 7) is 17.9. The zero-order valence-electron chi connectivity index (χ0n) is 21.2. The molecule has 2 fully saturated rings. The summed E-state index contributed by atoms with van der Waals surface area (Å²) in [5.41, 5.74) is 8.08. The van der Waals surface area contributed by atoms with E-state index in [1.54, 1.807) is 7.11 Å². The largest absolute Gasteiger partial charge is 0.497 e. The van der Waals surface area contributed by atoms with Crippen LogP contribution in [0.15, 0.2) is 24.3 Å². The molecule has 0 saturated carbocycles. The van der Waals surface area contributed by atoms with E-state index >= 15 is 0 Å². The van der Waals surface area contributed by atoms with Gasteiger partial charge in [-0.05, 0) is 102 Å². The molecule has 0 aliphatic carbocycles. The maximum Gasteiger partial charge on any atom is 0.128 e. The number of fused-ring (bicyclic) bond motifs is 1. The molecule has 0 spiro atoms. The van der Waals surface area contributed by atoms with Gasteiger partial charge in [-0.1, -0.05) is 0 Å². The van der Waals surface area contributed by atoms with E-state index in [1.807, 2.05) is 0 Å². The molecule has 5 nitrogen and oxygen atoms in total. The maximum absolute atomic E-state index is 6.67. The van der Waals surface area contributed by atoms with Crippen molar-refractivity contribution in [2.75, 3.05) is 56.2 Å². The minimum Gasteiger partial charge on any atom is -0.497 e. The molecule has 1 atom stereocenters. The van der Waals surface area contributed by atoms with E-state index in [0.29, 0.717) is 6.04 Å². The second kappa shape index (κ2) is 8.43. The predicted octanol–water partition coefficient (Wildman–Crippen LogP) is 5.25. The molecule has 33 heavy (non-hydrogen) atoms. The van der Waals surface area contributed by atoms with Crippen LogP contribution in [-0.4, -0.2) is 56.9 Å². The van der Waals surface area contributed by atoms with Crippen LogP contribution in [0.25, 0.3) is 0 Å². The van der Waals surface area contributed by atoms with Crippen molar-refractivity contribution in [3.63, 3.8) is 0 Å². The summed E-state index contributed by atoms with van der Waals surface area (Å²) >= 11 is 0. The number of hydrogen-bond acceptors (Lipinski definition) is 5. The van der Waals surface area contributed by atoms with Gasteiger partial charge in [0, 0.05) is 43.1 Å². The highest BCUT2D eigenvalue weighted by Crippen LogP contribution is 2.53. The number of hydrogen-bond donors (Lipinski definition) is 0. The molecule has 5 heteroatoms. The summed E-state index contributed by atoms with van der Waals surface area (Å²) in [6.07, 6.45) is 2.60. The van der Waals surface area contributed by atoms with Gasteiger partial charge in [0.05, 0.1) is 13.2 Å². The van der Waals surface area contributed by atoms with Gasteiger partial charge in [0.15, 0.2) is 0 Å². The summed E-state index contributed by atoms with van der Waals surface area (Å²) < 4.78 is 12.0. The lowest BCUT2D eigenvalue weighted by atomic mass is 9.87. The molecule has 3 aliphatic rings. The van der Waals surface area contributed by atoms with E-state index in [4.69, 9.17) is 9.47 Å². The number of piperazine rings is 1. The minimum atomic E-state index is -0.194. The van der Waals surface area contributed by atoms with E-state index in [1.165, 1.54) is 59.6 Å². The molecule has 3 heterocycles. The summed E-state index contributed by atoms with van der Waals surface area (Å²) in [7, 11) is 1.72. The molecular formula is C28H39N3O2. The van der Waals surface area contributed by atoms with Crippen LogP contribution in [0.1, 0.15) is 55.0 Å². The highest BCUT2D eigenvalue weighted by molar-refractivity contribution is 5.71. The van der Waals surface area contributed by atoms with Crippen LogP contribution in [0, 0.1) is 20.8 Å². The fourth-order valence-electron chi connectivity index (χ4n) is 6.33. The zero-order chi connectivity index (χ0) is 23.3. The molecule has 2 saturated heterocycles. The highest BCUT2D eigenvalue weighted by atomic mass is 16.5. The van der Waals surface area contributed by atoms with Crippen molar-refractivity contribution in [2.24, 2.45) is 0 Å². The van der Waals surface area contributed by atoms with Gasteiger partial charge in [-0.2, -0.15) is 0 Å². The molecule has 0 aromatic heterocycles. The first-order valence-electron chi connectivity index (χ1n) is 12.5. The Balaban J connectivity index is 1.44. The molecule has 178 valence electrons. The van der Waals surface area contributed by atoms with Gasteiger partial charge in [0.1, 0.15) is 17.1 Å². The van der Waals surface area contributed by atoms with Crippen LogP contribution in [0.2, 0.25) is 0 Å². The van der Waals surface area contributed by atoms with Gasteiger partial charge >= 0.3 is 0 Å². The Morgan fingerprint density at radius 1 is 0.818 bits per heavy atom. The number of benzene rings is 2. The summed E-state index contributed by atoms with van der Waals surface area (Å²) in [5, 5.41) is 0. The standard InChI is InChI=1S/C28H39N3O2/c1-19-20(2)26-24(27(28(4,5)33-26)31-13-7-8-14-31)21(3)25(19)30-17-15-29(16-18-30)22-9-11-23(32-6)12-10-22/h9-12,27H,7-8,13-18H2,1-6H3. The Hall–Kier alpha value is -2.40. The maximum atomic E-state index is 6.67. The molecular weight excluding hydrogens is 410 g/mol. The van der Waals surface area contributed by atoms with Crippen molar-refractivity contribution >= 4 is 11.4 Å². The van der Waals surface area contributed by atoms with E-state index in [-0.39, 0.29) is 5.60 Å². The van der Waals surface area contributed by atoms with Crippen LogP contribution in [0.3, 0.4) is 0 Å². The zero-order valence-corrected chi connectivity index (χ0v) is 21.2. The normalized spacial score (nSPS) is 22.4. The Labute approximate surface area is 199 Å². The molecule has 0 N–H and O–H groups in total. The van der Waals surface area contributed by atoms with Crippen molar-refractivity contribution in [3.05, 3.63) is 46.5 Å². The molecule has 0 bridgehead atoms. The molecule has 1 unspecified atom stereocenters. The fraction of sp³-hybridized carbons (Fsp3) is 0.571.